The van der Waals surface area contributed by atoms with Crippen LogP contribution in [0.2, 0.25) is 0 Å². The highest BCUT2D eigenvalue weighted by Crippen LogP contribution is 2.03. The molecule has 1 unspecified atom stereocenters. The summed E-state index contributed by atoms with van der Waals surface area (Å²) in [6, 6.07) is 0.337. The second-order valence-electron chi connectivity index (χ2n) is 4.74. The van der Waals surface area contributed by atoms with Gasteiger partial charge in [0.15, 0.2) is 0 Å². The zero-order valence-electron chi connectivity index (χ0n) is 10.4. The molecule has 0 bridgehead atoms. The average Bonchev–Trinajstić information content (AvgIpc) is 2.10. The van der Waals surface area contributed by atoms with E-state index in [4.69, 9.17) is 5.73 Å². The van der Waals surface area contributed by atoms with Gasteiger partial charge in [0.25, 0.3) is 0 Å². The van der Waals surface area contributed by atoms with Crippen molar-refractivity contribution in [3.05, 3.63) is 11.6 Å². The molecular formula is C12H26N2. The van der Waals surface area contributed by atoms with Crippen molar-refractivity contribution in [2.24, 2.45) is 11.7 Å². The predicted octanol–water partition coefficient (Wildman–Crippen LogP) is 2.26. The number of rotatable bonds is 6. The van der Waals surface area contributed by atoms with Crippen molar-refractivity contribution in [2.45, 2.75) is 40.2 Å². The van der Waals surface area contributed by atoms with Gasteiger partial charge in [0.1, 0.15) is 0 Å². The molecule has 0 aromatic heterocycles. The highest BCUT2D eigenvalue weighted by molar-refractivity contribution is 4.94. The van der Waals surface area contributed by atoms with E-state index < -0.39 is 0 Å². The van der Waals surface area contributed by atoms with E-state index in [9.17, 15) is 0 Å². The van der Waals surface area contributed by atoms with Crippen molar-refractivity contribution in [2.75, 3.05) is 20.1 Å². The number of likely N-dealkylation sites (N-methyl/N-ethyl adjacent to an activating group) is 1. The van der Waals surface area contributed by atoms with Crippen molar-refractivity contribution < 1.29 is 0 Å². The molecule has 0 saturated carbocycles. The first-order chi connectivity index (χ1) is 6.43. The van der Waals surface area contributed by atoms with Crippen LogP contribution in [0, 0.1) is 5.92 Å². The summed E-state index contributed by atoms with van der Waals surface area (Å²) in [4.78, 5) is 2.31. The van der Waals surface area contributed by atoms with Gasteiger partial charge in [-0.2, -0.15) is 0 Å². The zero-order valence-corrected chi connectivity index (χ0v) is 10.4. The fourth-order valence-electron chi connectivity index (χ4n) is 1.13. The smallest absolute Gasteiger partial charge is 0.0162 e. The summed E-state index contributed by atoms with van der Waals surface area (Å²) in [6.45, 7) is 10.7. The molecule has 2 nitrogen and oxygen atoms in total. The van der Waals surface area contributed by atoms with Crippen LogP contribution in [0.4, 0.5) is 0 Å². The molecule has 0 aliphatic heterocycles. The lowest BCUT2D eigenvalue weighted by Gasteiger charge is -2.20. The van der Waals surface area contributed by atoms with Crippen molar-refractivity contribution in [3.8, 4) is 0 Å². The van der Waals surface area contributed by atoms with E-state index >= 15 is 0 Å². The minimum absolute atomic E-state index is 0.337. The van der Waals surface area contributed by atoms with Gasteiger partial charge >= 0.3 is 0 Å². The Balaban J connectivity index is 3.63. The van der Waals surface area contributed by atoms with Crippen LogP contribution in [0.25, 0.3) is 0 Å². The summed E-state index contributed by atoms with van der Waals surface area (Å²) >= 11 is 0. The lowest BCUT2D eigenvalue weighted by Crippen LogP contribution is -2.31. The quantitative estimate of drug-likeness (QED) is 0.663. The van der Waals surface area contributed by atoms with Crippen LogP contribution in [0.5, 0.6) is 0 Å². The Hall–Kier alpha value is -0.340. The topological polar surface area (TPSA) is 29.3 Å². The molecule has 0 aromatic carbocycles. The van der Waals surface area contributed by atoms with Crippen LogP contribution in [0.1, 0.15) is 34.1 Å². The van der Waals surface area contributed by atoms with Crippen LogP contribution in [0.3, 0.4) is 0 Å². The minimum Gasteiger partial charge on any atom is -0.327 e. The molecule has 0 amide bonds. The van der Waals surface area contributed by atoms with Crippen LogP contribution in [-0.4, -0.2) is 31.1 Å². The summed E-state index contributed by atoms with van der Waals surface area (Å²) in [5.41, 5.74) is 7.36. The van der Waals surface area contributed by atoms with E-state index in [1.165, 1.54) is 5.57 Å². The molecule has 0 saturated heterocycles. The summed E-state index contributed by atoms with van der Waals surface area (Å²) in [7, 11) is 2.15. The van der Waals surface area contributed by atoms with E-state index in [1.54, 1.807) is 0 Å². The van der Waals surface area contributed by atoms with Gasteiger partial charge in [-0.25, -0.2) is 0 Å². The van der Waals surface area contributed by atoms with Crippen LogP contribution in [0.15, 0.2) is 11.6 Å². The molecular weight excluding hydrogens is 172 g/mol. The van der Waals surface area contributed by atoms with E-state index in [0.717, 1.165) is 19.5 Å². The Kier molecular flexibility index (Phi) is 6.85. The summed E-state index contributed by atoms with van der Waals surface area (Å²) in [5, 5.41) is 0. The van der Waals surface area contributed by atoms with Crippen LogP contribution >= 0.6 is 0 Å². The number of hydrogen-bond donors (Lipinski definition) is 1. The molecule has 84 valence electrons. The monoisotopic (exact) mass is 198 g/mol. The minimum atomic E-state index is 0.337. The van der Waals surface area contributed by atoms with Gasteiger partial charge in [0.05, 0.1) is 0 Å². The van der Waals surface area contributed by atoms with E-state index in [1.807, 2.05) is 0 Å². The molecule has 2 heteroatoms. The maximum atomic E-state index is 5.98. The predicted molar refractivity (Wildman–Crippen MR) is 64.4 cm³/mol. The Morgan fingerprint density at radius 3 is 2.36 bits per heavy atom. The molecule has 0 rings (SSSR count). The first kappa shape index (κ1) is 13.7. The van der Waals surface area contributed by atoms with Crippen molar-refractivity contribution in [1.29, 1.82) is 0 Å². The Labute approximate surface area is 89.2 Å². The molecule has 14 heavy (non-hydrogen) atoms. The van der Waals surface area contributed by atoms with Gasteiger partial charge in [-0.15, -0.1) is 0 Å². The normalized spacial score (nSPS) is 13.4. The average molecular weight is 198 g/mol. The van der Waals surface area contributed by atoms with Crippen molar-refractivity contribution in [3.63, 3.8) is 0 Å². The van der Waals surface area contributed by atoms with Crippen LogP contribution in [-0.2, 0) is 0 Å². The van der Waals surface area contributed by atoms with E-state index in [-0.39, 0.29) is 0 Å². The highest BCUT2D eigenvalue weighted by atomic mass is 15.1. The first-order valence-corrected chi connectivity index (χ1v) is 5.51. The third kappa shape index (κ3) is 7.10. The van der Waals surface area contributed by atoms with E-state index in [0.29, 0.717) is 12.0 Å². The van der Waals surface area contributed by atoms with Gasteiger partial charge in [-0.3, -0.25) is 0 Å². The third-order valence-electron chi connectivity index (χ3n) is 2.51. The fraction of sp³-hybridized carbons (Fsp3) is 0.833. The van der Waals surface area contributed by atoms with Crippen LogP contribution < -0.4 is 5.73 Å². The highest BCUT2D eigenvalue weighted by Gasteiger charge is 2.07. The zero-order chi connectivity index (χ0) is 11.1. The second-order valence-corrected chi connectivity index (χ2v) is 4.74. The molecule has 0 aliphatic carbocycles. The molecule has 0 fully saturated rings. The summed E-state index contributed by atoms with van der Waals surface area (Å²) < 4.78 is 0. The van der Waals surface area contributed by atoms with Gasteiger partial charge < -0.3 is 10.6 Å². The molecule has 0 aromatic rings. The third-order valence-corrected chi connectivity index (χ3v) is 2.51. The lowest BCUT2D eigenvalue weighted by atomic mass is 10.0. The number of nitrogens with two attached hydrogens (primary N) is 1. The maximum absolute atomic E-state index is 5.98. The van der Waals surface area contributed by atoms with Gasteiger partial charge in [-0.05, 0) is 39.8 Å². The Bertz CT molecular complexity index is 169. The molecule has 0 radical (unpaired) electrons. The summed E-state index contributed by atoms with van der Waals surface area (Å²) in [5.74, 6) is 0.590. The van der Waals surface area contributed by atoms with Crippen molar-refractivity contribution >= 4 is 0 Å². The van der Waals surface area contributed by atoms with Gasteiger partial charge in [0, 0.05) is 12.6 Å². The number of nitrogens with zero attached hydrogens (tertiary/aromatic N) is 1. The molecule has 0 spiro atoms. The van der Waals surface area contributed by atoms with Gasteiger partial charge in [0.2, 0.25) is 0 Å². The van der Waals surface area contributed by atoms with Crippen molar-refractivity contribution in [1.82, 2.24) is 4.90 Å². The molecule has 0 aliphatic rings. The molecule has 2 N–H and O–H groups in total. The summed E-state index contributed by atoms with van der Waals surface area (Å²) in [6.07, 6.45) is 3.34. The molecule has 0 heterocycles. The van der Waals surface area contributed by atoms with Gasteiger partial charge in [-0.1, -0.05) is 25.5 Å². The first-order valence-electron chi connectivity index (χ1n) is 5.51. The number of allylic oxidation sites excluding steroid dienone is 1. The Morgan fingerprint density at radius 1 is 1.36 bits per heavy atom. The molecule has 1 atom stereocenters. The standard InChI is InChI=1S/C12H26N2/c1-10(2)6-8-14(5)9-7-12(13)11(3)4/h6,11-12H,7-9,13H2,1-5H3. The fourth-order valence-corrected chi connectivity index (χ4v) is 1.13. The lowest BCUT2D eigenvalue weighted by molar-refractivity contribution is 0.327. The number of hydrogen-bond acceptors (Lipinski definition) is 2. The largest absolute Gasteiger partial charge is 0.327 e. The Morgan fingerprint density at radius 2 is 1.93 bits per heavy atom. The second kappa shape index (κ2) is 7.02. The van der Waals surface area contributed by atoms with E-state index in [2.05, 4.69) is 45.7 Å². The maximum Gasteiger partial charge on any atom is 0.0162 e. The SMILES string of the molecule is CC(C)=CCN(C)CCC(N)C(C)C.